The molecule has 1 aliphatic heterocycles. The minimum absolute atomic E-state index is 0.216. The Morgan fingerprint density at radius 2 is 2.05 bits per heavy atom. The summed E-state index contributed by atoms with van der Waals surface area (Å²) >= 11 is 1.85. The molecule has 0 bridgehead atoms. The molecule has 2 atom stereocenters. The van der Waals surface area contributed by atoms with E-state index in [0.717, 1.165) is 17.7 Å². The Labute approximate surface area is 118 Å². The molecule has 2 aromatic carbocycles. The summed E-state index contributed by atoms with van der Waals surface area (Å²) in [6.45, 7) is 2.15. The zero-order chi connectivity index (χ0) is 13.2. The van der Waals surface area contributed by atoms with Crippen LogP contribution >= 0.6 is 11.8 Å². The van der Waals surface area contributed by atoms with Gasteiger partial charge in [-0.25, -0.2) is 0 Å². The Bertz CT molecular complexity index is 579. The average Bonchev–Trinajstić information content (AvgIpc) is 2.90. The molecule has 1 nitrogen and oxygen atoms in total. The lowest BCUT2D eigenvalue weighted by Gasteiger charge is -2.19. The summed E-state index contributed by atoms with van der Waals surface area (Å²) in [7, 11) is 0. The van der Waals surface area contributed by atoms with E-state index in [1.54, 1.807) is 0 Å². The van der Waals surface area contributed by atoms with E-state index in [9.17, 15) is 5.11 Å². The molecule has 2 heteroatoms. The van der Waals surface area contributed by atoms with Gasteiger partial charge in [-0.15, -0.1) is 11.8 Å². The molecule has 98 valence electrons. The molecule has 0 saturated heterocycles. The maximum Gasteiger partial charge on any atom is 0.0867 e. The molecule has 2 aromatic rings. The van der Waals surface area contributed by atoms with Crippen molar-refractivity contribution in [3.8, 4) is 0 Å². The van der Waals surface area contributed by atoms with Crippen LogP contribution in [-0.2, 0) is 6.42 Å². The number of aryl methyl sites for hydroxylation is 1. The van der Waals surface area contributed by atoms with Gasteiger partial charge in [-0.1, -0.05) is 49.4 Å². The van der Waals surface area contributed by atoms with Gasteiger partial charge in [0.1, 0.15) is 0 Å². The normalized spacial score (nSPS) is 19.2. The van der Waals surface area contributed by atoms with Crippen molar-refractivity contribution in [2.75, 3.05) is 5.75 Å². The molecule has 2 unspecified atom stereocenters. The highest BCUT2D eigenvalue weighted by molar-refractivity contribution is 7.99. The van der Waals surface area contributed by atoms with Gasteiger partial charge in [-0.2, -0.15) is 0 Å². The lowest BCUT2D eigenvalue weighted by molar-refractivity contribution is 0.153. The van der Waals surface area contributed by atoms with Crippen molar-refractivity contribution in [3.63, 3.8) is 0 Å². The van der Waals surface area contributed by atoms with E-state index in [0.29, 0.717) is 0 Å². The van der Waals surface area contributed by atoms with Crippen molar-refractivity contribution in [1.82, 2.24) is 0 Å². The van der Waals surface area contributed by atoms with Gasteiger partial charge in [-0.3, -0.25) is 0 Å². The summed E-state index contributed by atoms with van der Waals surface area (Å²) in [5.41, 5.74) is 3.62. The maximum absolute atomic E-state index is 10.7. The molecule has 3 rings (SSSR count). The van der Waals surface area contributed by atoms with E-state index in [1.807, 2.05) is 23.9 Å². The highest BCUT2D eigenvalue weighted by Crippen LogP contribution is 2.45. The van der Waals surface area contributed by atoms with Gasteiger partial charge in [0.05, 0.1) is 6.10 Å². The molecule has 0 aromatic heterocycles. The third-order valence-electron chi connectivity index (χ3n) is 3.82. The Kier molecular flexibility index (Phi) is 3.63. The second-order valence-corrected chi connectivity index (χ2v) is 6.06. The second kappa shape index (κ2) is 5.40. The van der Waals surface area contributed by atoms with E-state index >= 15 is 0 Å². The van der Waals surface area contributed by atoms with Crippen molar-refractivity contribution >= 4 is 11.8 Å². The molecular formula is C17H18OS. The van der Waals surface area contributed by atoms with Crippen molar-refractivity contribution in [2.24, 2.45) is 0 Å². The number of hydrogen-bond acceptors (Lipinski definition) is 2. The number of aliphatic hydroxyl groups is 1. The molecule has 0 radical (unpaired) electrons. The number of benzene rings is 2. The molecule has 19 heavy (non-hydrogen) atoms. The molecule has 0 saturated carbocycles. The molecule has 0 amide bonds. The Morgan fingerprint density at radius 3 is 2.89 bits per heavy atom. The molecule has 1 heterocycles. The average molecular weight is 270 g/mol. The monoisotopic (exact) mass is 270 g/mol. The highest BCUT2D eigenvalue weighted by Gasteiger charge is 2.29. The number of aliphatic hydroxyl groups excluding tert-OH is 1. The molecule has 0 fully saturated rings. The van der Waals surface area contributed by atoms with Crippen LogP contribution in [0.3, 0.4) is 0 Å². The fourth-order valence-electron chi connectivity index (χ4n) is 2.68. The van der Waals surface area contributed by atoms with Crippen molar-refractivity contribution < 1.29 is 5.11 Å². The standard InChI is InChI=1S/C17H18OS/c1-2-12-6-5-7-13(10-12)17(18)15-11-19-16-9-4-3-8-14(15)16/h3-10,15,17-18H,2,11H2,1H3. The maximum atomic E-state index is 10.7. The Hall–Kier alpha value is -1.25. The van der Waals surface area contributed by atoms with Crippen LogP contribution in [0.2, 0.25) is 0 Å². The zero-order valence-corrected chi connectivity index (χ0v) is 11.9. The van der Waals surface area contributed by atoms with E-state index < -0.39 is 6.10 Å². The summed E-state index contributed by atoms with van der Waals surface area (Å²) in [5.74, 6) is 1.19. The third-order valence-corrected chi connectivity index (χ3v) is 5.03. The minimum atomic E-state index is -0.400. The number of thioether (sulfide) groups is 1. The smallest absolute Gasteiger partial charge is 0.0867 e. The quantitative estimate of drug-likeness (QED) is 0.903. The van der Waals surface area contributed by atoms with E-state index in [-0.39, 0.29) is 5.92 Å². The van der Waals surface area contributed by atoms with Gasteiger partial charge in [-0.05, 0) is 29.2 Å². The minimum Gasteiger partial charge on any atom is -0.388 e. The first kappa shape index (κ1) is 12.8. The van der Waals surface area contributed by atoms with Crippen LogP contribution in [0.1, 0.15) is 35.6 Å². The van der Waals surface area contributed by atoms with E-state index in [2.05, 4.69) is 43.3 Å². The lowest BCUT2D eigenvalue weighted by Crippen LogP contribution is -2.10. The van der Waals surface area contributed by atoms with Crippen LogP contribution in [0.15, 0.2) is 53.4 Å². The van der Waals surface area contributed by atoms with Crippen LogP contribution in [-0.4, -0.2) is 10.9 Å². The molecular weight excluding hydrogens is 252 g/mol. The van der Waals surface area contributed by atoms with Gasteiger partial charge >= 0.3 is 0 Å². The second-order valence-electron chi connectivity index (χ2n) is 5.00. The Balaban J connectivity index is 1.90. The predicted molar refractivity (Wildman–Crippen MR) is 80.7 cm³/mol. The van der Waals surface area contributed by atoms with Crippen molar-refractivity contribution in [1.29, 1.82) is 0 Å². The summed E-state index contributed by atoms with van der Waals surface area (Å²) in [5, 5.41) is 10.7. The number of rotatable bonds is 3. The summed E-state index contributed by atoms with van der Waals surface area (Å²) < 4.78 is 0. The SMILES string of the molecule is CCc1cccc(C(O)C2CSc3ccccc32)c1. The van der Waals surface area contributed by atoms with Gasteiger partial charge in [0.25, 0.3) is 0 Å². The van der Waals surface area contributed by atoms with Crippen LogP contribution in [0.4, 0.5) is 0 Å². The van der Waals surface area contributed by atoms with Crippen molar-refractivity contribution in [2.45, 2.75) is 30.3 Å². The number of fused-ring (bicyclic) bond motifs is 1. The van der Waals surface area contributed by atoms with Crippen LogP contribution in [0, 0.1) is 0 Å². The molecule has 0 spiro atoms. The van der Waals surface area contributed by atoms with Crippen LogP contribution in [0.5, 0.6) is 0 Å². The number of hydrogen-bond donors (Lipinski definition) is 1. The summed E-state index contributed by atoms with van der Waals surface area (Å²) in [6.07, 6.45) is 0.610. The van der Waals surface area contributed by atoms with Gasteiger partial charge in [0.2, 0.25) is 0 Å². The first-order chi connectivity index (χ1) is 9.29. The summed E-state index contributed by atoms with van der Waals surface area (Å²) in [4.78, 5) is 1.32. The first-order valence-electron chi connectivity index (χ1n) is 6.78. The Morgan fingerprint density at radius 1 is 1.21 bits per heavy atom. The topological polar surface area (TPSA) is 20.2 Å². The van der Waals surface area contributed by atoms with Gasteiger partial charge in [0, 0.05) is 16.6 Å². The fourth-order valence-corrected chi connectivity index (χ4v) is 3.96. The zero-order valence-electron chi connectivity index (χ0n) is 11.0. The largest absolute Gasteiger partial charge is 0.388 e. The molecule has 1 aliphatic rings. The lowest BCUT2D eigenvalue weighted by atomic mass is 9.90. The first-order valence-corrected chi connectivity index (χ1v) is 7.76. The van der Waals surface area contributed by atoms with E-state index in [4.69, 9.17) is 0 Å². The highest BCUT2D eigenvalue weighted by atomic mass is 32.2. The van der Waals surface area contributed by atoms with Crippen LogP contribution in [0.25, 0.3) is 0 Å². The van der Waals surface area contributed by atoms with Gasteiger partial charge < -0.3 is 5.11 Å². The van der Waals surface area contributed by atoms with Gasteiger partial charge in [0.15, 0.2) is 0 Å². The third kappa shape index (κ3) is 2.43. The molecule has 1 N–H and O–H groups in total. The van der Waals surface area contributed by atoms with Crippen LogP contribution < -0.4 is 0 Å². The van der Waals surface area contributed by atoms with E-state index in [1.165, 1.54) is 16.0 Å². The molecule has 0 aliphatic carbocycles. The predicted octanol–water partition coefficient (Wildman–Crippen LogP) is 4.17. The fraction of sp³-hybridized carbons (Fsp3) is 0.294. The van der Waals surface area contributed by atoms with Crippen molar-refractivity contribution in [3.05, 3.63) is 65.2 Å². The summed E-state index contributed by atoms with van der Waals surface area (Å²) in [6, 6.07) is 16.8.